The van der Waals surface area contributed by atoms with Crippen LogP contribution in [0.3, 0.4) is 0 Å². The van der Waals surface area contributed by atoms with Crippen molar-refractivity contribution in [3.8, 4) is 5.75 Å². The molecule has 0 aliphatic carbocycles. The Hall–Kier alpha value is -3.18. The van der Waals surface area contributed by atoms with Gasteiger partial charge >= 0.3 is 0 Å². The molecule has 1 aliphatic heterocycles. The SMILES string of the molecule is CCN1C(=O)C(C)(C)C(=O)N(C)c2cc(OCCCN(CCN(C)C(=O)c3ccsc3)Cc3ccncc3)ccc21.Cl.Cl. The van der Waals surface area contributed by atoms with Crippen molar-refractivity contribution in [3.63, 3.8) is 0 Å². The largest absolute Gasteiger partial charge is 0.493 e. The maximum Gasteiger partial charge on any atom is 0.254 e. The van der Waals surface area contributed by atoms with E-state index in [0.717, 1.165) is 37.2 Å². The van der Waals surface area contributed by atoms with Crippen molar-refractivity contribution < 1.29 is 19.1 Å². The summed E-state index contributed by atoms with van der Waals surface area (Å²) in [5.74, 6) is 0.220. The number of amides is 3. The smallest absolute Gasteiger partial charge is 0.254 e. The Morgan fingerprint density at radius 2 is 1.72 bits per heavy atom. The Balaban J connectivity index is 0.00000323. The molecule has 1 aliphatic rings. The van der Waals surface area contributed by atoms with Gasteiger partial charge in [0.15, 0.2) is 0 Å². The van der Waals surface area contributed by atoms with Crippen LogP contribution in [0, 0.1) is 5.41 Å². The van der Waals surface area contributed by atoms with Gasteiger partial charge in [-0.3, -0.25) is 24.3 Å². The minimum atomic E-state index is -1.15. The van der Waals surface area contributed by atoms with Crippen LogP contribution in [0.15, 0.2) is 59.6 Å². The number of likely N-dealkylation sites (N-methyl/N-ethyl adjacent to an activating group) is 1. The van der Waals surface area contributed by atoms with Crippen LogP contribution < -0.4 is 14.5 Å². The first kappa shape index (κ1) is 36.0. The number of anilines is 2. The van der Waals surface area contributed by atoms with E-state index in [9.17, 15) is 14.4 Å². The first-order valence-electron chi connectivity index (χ1n) is 13.9. The Labute approximate surface area is 270 Å². The highest BCUT2D eigenvalue weighted by Gasteiger charge is 2.45. The van der Waals surface area contributed by atoms with E-state index in [1.54, 1.807) is 48.0 Å². The van der Waals surface area contributed by atoms with E-state index in [4.69, 9.17) is 4.74 Å². The van der Waals surface area contributed by atoms with Gasteiger partial charge in [-0.1, -0.05) is 0 Å². The minimum absolute atomic E-state index is 0. The maximum absolute atomic E-state index is 13.1. The molecule has 43 heavy (non-hydrogen) atoms. The molecule has 0 N–H and O–H groups in total. The molecule has 2 aromatic heterocycles. The maximum atomic E-state index is 13.1. The second kappa shape index (κ2) is 16.0. The van der Waals surface area contributed by atoms with E-state index in [1.165, 1.54) is 11.3 Å². The van der Waals surface area contributed by atoms with Gasteiger partial charge in [0.25, 0.3) is 5.91 Å². The van der Waals surface area contributed by atoms with Gasteiger partial charge in [-0.25, -0.2) is 0 Å². The van der Waals surface area contributed by atoms with Gasteiger partial charge in [-0.2, -0.15) is 11.3 Å². The highest BCUT2D eigenvalue weighted by atomic mass is 35.5. The topological polar surface area (TPSA) is 86.3 Å². The van der Waals surface area contributed by atoms with Crippen LogP contribution in [-0.4, -0.2) is 79.4 Å². The summed E-state index contributed by atoms with van der Waals surface area (Å²) in [5, 5.41) is 3.79. The number of carbonyl (C=O) groups excluding carboxylic acids is 3. The Kier molecular flexibility index (Phi) is 13.4. The predicted molar refractivity (Wildman–Crippen MR) is 177 cm³/mol. The van der Waals surface area contributed by atoms with Gasteiger partial charge in [-0.15, -0.1) is 24.8 Å². The molecule has 0 bridgehead atoms. The van der Waals surface area contributed by atoms with Crippen molar-refractivity contribution in [2.24, 2.45) is 5.41 Å². The van der Waals surface area contributed by atoms with Crippen molar-refractivity contribution in [2.75, 3.05) is 56.7 Å². The molecule has 4 rings (SSSR count). The molecular formula is C31H41Cl2N5O4S. The molecule has 3 heterocycles. The average Bonchev–Trinajstić information content (AvgIpc) is 3.51. The molecule has 3 aromatic rings. The van der Waals surface area contributed by atoms with Crippen molar-refractivity contribution in [1.82, 2.24) is 14.8 Å². The van der Waals surface area contributed by atoms with E-state index in [1.807, 2.05) is 61.1 Å². The first-order valence-corrected chi connectivity index (χ1v) is 14.8. The number of rotatable bonds is 12. The van der Waals surface area contributed by atoms with Crippen LogP contribution in [0.5, 0.6) is 5.75 Å². The summed E-state index contributed by atoms with van der Waals surface area (Å²) in [4.78, 5) is 50.3. The quantitative estimate of drug-likeness (QED) is 0.193. The molecular weight excluding hydrogens is 609 g/mol. The molecule has 0 saturated carbocycles. The molecule has 12 heteroatoms. The summed E-state index contributed by atoms with van der Waals surface area (Å²) in [6, 6.07) is 11.4. The zero-order valence-electron chi connectivity index (χ0n) is 25.3. The molecule has 0 unspecified atom stereocenters. The van der Waals surface area contributed by atoms with E-state index in [0.29, 0.717) is 36.8 Å². The standard InChI is InChI=1S/C31H39N5O4S.2ClH/c1-6-36-26-9-8-25(20-27(26)34(5)29(38)31(2,3)30(36)39)40-18-7-15-35(21-23-10-13-32-14-11-23)17-16-33(4)28(37)24-12-19-41-22-24;;/h8-14,19-20,22H,6-7,15-18,21H2,1-5H3;2*1H. The van der Waals surface area contributed by atoms with E-state index < -0.39 is 5.41 Å². The summed E-state index contributed by atoms with van der Waals surface area (Å²) >= 11 is 1.52. The van der Waals surface area contributed by atoms with Crippen LogP contribution in [0.25, 0.3) is 0 Å². The number of pyridine rings is 1. The van der Waals surface area contributed by atoms with E-state index >= 15 is 0 Å². The zero-order valence-corrected chi connectivity index (χ0v) is 27.8. The lowest BCUT2D eigenvalue weighted by Crippen LogP contribution is -2.47. The fraction of sp³-hybridized carbons (Fsp3) is 0.419. The van der Waals surface area contributed by atoms with Crippen molar-refractivity contribution >= 4 is 65.2 Å². The fourth-order valence-corrected chi connectivity index (χ4v) is 5.59. The van der Waals surface area contributed by atoms with Crippen LogP contribution in [0.2, 0.25) is 0 Å². The molecule has 9 nitrogen and oxygen atoms in total. The summed E-state index contributed by atoms with van der Waals surface area (Å²) in [6.45, 7) is 9.05. The molecule has 0 saturated heterocycles. The van der Waals surface area contributed by atoms with Crippen LogP contribution >= 0.6 is 36.2 Å². The van der Waals surface area contributed by atoms with E-state index in [-0.39, 0.29) is 42.5 Å². The number of hydrogen-bond acceptors (Lipinski definition) is 7. The second-order valence-electron chi connectivity index (χ2n) is 10.8. The molecule has 0 radical (unpaired) electrons. The number of aromatic nitrogens is 1. The molecule has 1 aromatic carbocycles. The van der Waals surface area contributed by atoms with Gasteiger partial charge in [0.1, 0.15) is 11.2 Å². The predicted octanol–water partition coefficient (Wildman–Crippen LogP) is 5.39. The fourth-order valence-electron chi connectivity index (χ4n) is 4.96. The Morgan fingerprint density at radius 1 is 1.00 bits per heavy atom. The number of nitrogens with zero attached hydrogens (tertiary/aromatic N) is 5. The van der Waals surface area contributed by atoms with Gasteiger partial charge in [0.2, 0.25) is 11.8 Å². The molecule has 0 fully saturated rings. The third-order valence-electron chi connectivity index (χ3n) is 7.44. The molecule has 3 amide bonds. The van der Waals surface area contributed by atoms with Crippen molar-refractivity contribution in [1.29, 1.82) is 0 Å². The summed E-state index contributed by atoms with van der Waals surface area (Å²) in [7, 11) is 3.54. The van der Waals surface area contributed by atoms with Gasteiger partial charge in [-0.05, 0) is 68.5 Å². The second-order valence-corrected chi connectivity index (χ2v) is 11.5. The molecule has 0 atom stereocenters. The summed E-state index contributed by atoms with van der Waals surface area (Å²) in [5.41, 5.74) is 2.09. The number of hydrogen-bond donors (Lipinski definition) is 0. The lowest BCUT2D eigenvalue weighted by atomic mass is 9.90. The van der Waals surface area contributed by atoms with Crippen LogP contribution in [-0.2, 0) is 16.1 Å². The third kappa shape index (κ3) is 8.47. The first-order chi connectivity index (χ1) is 19.6. The van der Waals surface area contributed by atoms with Crippen molar-refractivity contribution in [2.45, 2.75) is 33.7 Å². The lowest BCUT2D eigenvalue weighted by molar-refractivity contribution is -0.137. The van der Waals surface area contributed by atoms with Gasteiger partial charge < -0.3 is 19.4 Å². The Morgan fingerprint density at radius 3 is 2.37 bits per heavy atom. The highest BCUT2D eigenvalue weighted by Crippen LogP contribution is 2.40. The number of benzene rings is 1. The molecule has 234 valence electrons. The number of carbonyl (C=O) groups is 3. The van der Waals surface area contributed by atoms with Crippen LogP contribution in [0.1, 0.15) is 43.1 Å². The molecule has 0 spiro atoms. The lowest BCUT2D eigenvalue weighted by Gasteiger charge is -2.27. The minimum Gasteiger partial charge on any atom is -0.493 e. The van der Waals surface area contributed by atoms with E-state index in [2.05, 4.69) is 9.88 Å². The normalized spacial score (nSPS) is 14.0. The third-order valence-corrected chi connectivity index (χ3v) is 8.13. The summed E-state index contributed by atoms with van der Waals surface area (Å²) in [6.07, 6.45) is 4.35. The van der Waals surface area contributed by atoms with Crippen molar-refractivity contribution in [3.05, 3.63) is 70.7 Å². The van der Waals surface area contributed by atoms with Gasteiger partial charge in [0.05, 0.1) is 23.5 Å². The summed E-state index contributed by atoms with van der Waals surface area (Å²) < 4.78 is 6.12. The van der Waals surface area contributed by atoms with Crippen LogP contribution in [0.4, 0.5) is 11.4 Å². The van der Waals surface area contributed by atoms with Gasteiger partial charge in [0, 0.05) is 70.7 Å². The highest BCUT2D eigenvalue weighted by molar-refractivity contribution is 7.08. The monoisotopic (exact) mass is 649 g/mol. The number of ether oxygens (including phenoxy) is 1. The Bertz CT molecular complexity index is 1360. The average molecular weight is 651 g/mol. The zero-order chi connectivity index (χ0) is 29.6. The number of thiophene rings is 1. The number of fused-ring (bicyclic) bond motifs is 1. The number of halogens is 2.